The molecule has 0 aliphatic carbocycles. The number of carbonyl (C=O) groups is 1. The smallest absolute Gasteiger partial charge is 0.222 e. The summed E-state index contributed by atoms with van der Waals surface area (Å²) in [4.78, 5) is 13.6. The van der Waals surface area contributed by atoms with Crippen molar-refractivity contribution in [1.29, 1.82) is 0 Å². The van der Waals surface area contributed by atoms with E-state index in [-0.39, 0.29) is 5.91 Å². The average molecular weight is 298 g/mol. The highest BCUT2D eigenvalue weighted by atomic mass is 79.9. The number of hydrogen-bond acceptors (Lipinski definition) is 1. The summed E-state index contributed by atoms with van der Waals surface area (Å²) in [5.41, 5.74) is 2.44. The fourth-order valence-corrected chi connectivity index (χ4v) is 2.01. The van der Waals surface area contributed by atoms with Gasteiger partial charge >= 0.3 is 0 Å². The summed E-state index contributed by atoms with van der Waals surface area (Å²) < 4.78 is 0. The number of unbranched alkanes of at least 4 members (excludes halogenated alkanes) is 1. The number of benzene rings is 1. The Morgan fingerprint density at radius 3 is 2.47 bits per heavy atom. The summed E-state index contributed by atoms with van der Waals surface area (Å²) in [6.07, 6.45) is 2.67. The molecule has 0 saturated heterocycles. The van der Waals surface area contributed by atoms with E-state index in [2.05, 4.69) is 47.1 Å². The fourth-order valence-electron chi connectivity index (χ4n) is 1.62. The lowest BCUT2D eigenvalue weighted by Crippen LogP contribution is -2.25. The minimum Gasteiger partial charge on any atom is -0.341 e. The number of amides is 1. The van der Waals surface area contributed by atoms with E-state index in [0.717, 1.165) is 18.2 Å². The third kappa shape index (κ3) is 5.35. The summed E-state index contributed by atoms with van der Waals surface area (Å²) in [5.74, 6) is 0.228. The number of rotatable bonds is 6. The number of halogens is 1. The maximum Gasteiger partial charge on any atom is 0.222 e. The quantitative estimate of drug-likeness (QED) is 0.581. The van der Waals surface area contributed by atoms with Crippen molar-refractivity contribution < 1.29 is 4.79 Å². The van der Waals surface area contributed by atoms with Gasteiger partial charge in [0.15, 0.2) is 0 Å². The third-order valence-electron chi connectivity index (χ3n) is 2.74. The van der Waals surface area contributed by atoms with Crippen molar-refractivity contribution in [1.82, 2.24) is 4.90 Å². The lowest BCUT2D eigenvalue weighted by Gasteiger charge is -2.17. The molecule has 1 aromatic carbocycles. The first-order chi connectivity index (χ1) is 8.13. The van der Waals surface area contributed by atoms with Crippen LogP contribution >= 0.6 is 15.9 Å². The van der Waals surface area contributed by atoms with Crippen LogP contribution in [0.2, 0.25) is 0 Å². The molecule has 0 spiro atoms. The van der Waals surface area contributed by atoms with Crippen molar-refractivity contribution in [2.24, 2.45) is 0 Å². The van der Waals surface area contributed by atoms with Gasteiger partial charge in [0, 0.05) is 25.3 Å². The standard InChI is InChI=1S/C14H20BrNO/c1-12-6-8-13(9-7-12)11-16(2)14(17)5-3-4-10-15/h6-9H,3-5,10-11H2,1-2H3. The average Bonchev–Trinajstić information content (AvgIpc) is 2.32. The zero-order chi connectivity index (χ0) is 12.7. The summed E-state index contributed by atoms with van der Waals surface area (Å²) in [7, 11) is 1.87. The molecule has 17 heavy (non-hydrogen) atoms. The largest absolute Gasteiger partial charge is 0.341 e. The van der Waals surface area contributed by atoms with Crippen LogP contribution in [0, 0.1) is 6.92 Å². The molecule has 1 amide bonds. The summed E-state index contributed by atoms with van der Waals surface area (Å²) in [6, 6.07) is 8.33. The van der Waals surface area contributed by atoms with E-state index in [0.29, 0.717) is 13.0 Å². The predicted octanol–water partition coefficient (Wildman–Crippen LogP) is 3.52. The molecule has 0 heterocycles. The van der Waals surface area contributed by atoms with Gasteiger partial charge in [0.05, 0.1) is 0 Å². The van der Waals surface area contributed by atoms with Crippen LogP contribution in [0.1, 0.15) is 30.4 Å². The van der Waals surface area contributed by atoms with E-state index in [9.17, 15) is 4.79 Å². The minimum atomic E-state index is 0.228. The van der Waals surface area contributed by atoms with Crippen LogP contribution in [-0.2, 0) is 11.3 Å². The molecule has 0 aliphatic rings. The van der Waals surface area contributed by atoms with Gasteiger partial charge in [-0.15, -0.1) is 0 Å². The van der Waals surface area contributed by atoms with Gasteiger partial charge in [-0.1, -0.05) is 45.8 Å². The fraction of sp³-hybridized carbons (Fsp3) is 0.500. The zero-order valence-electron chi connectivity index (χ0n) is 10.6. The molecule has 0 N–H and O–H groups in total. The first kappa shape index (κ1) is 14.2. The predicted molar refractivity (Wildman–Crippen MR) is 75.3 cm³/mol. The van der Waals surface area contributed by atoms with Crippen LogP contribution in [0.25, 0.3) is 0 Å². The summed E-state index contributed by atoms with van der Waals surface area (Å²) in [6.45, 7) is 2.77. The van der Waals surface area contributed by atoms with Crippen LogP contribution in [0.15, 0.2) is 24.3 Å². The van der Waals surface area contributed by atoms with Crippen molar-refractivity contribution in [2.75, 3.05) is 12.4 Å². The maximum absolute atomic E-state index is 11.8. The highest BCUT2D eigenvalue weighted by Gasteiger charge is 2.08. The van der Waals surface area contributed by atoms with Crippen LogP contribution in [0.3, 0.4) is 0 Å². The van der Waals surface area contributed by atoms with Crippen LogP contribution in [-0.4, -0.2) is 23.2 Å². The number of nitrogens with zero attached hydrogens (tertiary/aromatic N) is 1. The molecule has 2 nitrogen and oxygen atoms in total. The number of hydrogen-bond donors (Lipinski definition) is 0. The van der Waals surface area contributed by atoms with E-state index >= 15 is 0 Å². The lowest BCUT2D eigenvalue weighted by molar-refractivity contribution is -0.130. The minimum absolute atomic E-state index is 0.228. The molecule has 0 atom stereocenters. The second-order valence-electron chi connectivity index (χ2n) is 4.38. The van der Waals surface area contributed by atoms with Crippen molar-refractivity contribution in [3.8, 4) is 0 Å². The normalized spacial score (nSPS) is 10.3. The molecule has 0 bridgehead atoms. The Morgan fingerprint density at radius 1 is 1.24 bits per heavy atom. The SMILES string of the molecule is Cc1ccc(CN(C)C(=O)CCCCBr)cc1. The molecule has 0 radical (unpaired) electrons. The molecular formula is C14H20BrNO. The molecule has 1 aromatic rings. The Bertz CT molecular complexity index is 348. The highest BCUT2D eigenvalue weighted by molar-refractivity contribution is 9.09. The van der Waals surface area contributed by atoms with Gasteiger partial charge in [0.2, 0.25) is 5.91 Å². The Hall–Kier alpha value is -0.830. The molecule has 3 heteroatoms. The molecule has 0 saturated carbocycles. The van der Waals surface area contributed by atoms with E-state index in [1.807, 2.05) is 7.05 Å². The Labute approximate surface area is 112 Å². The topological polar surface area (TPSA) is 20.3 Å². The summed E-state index contributed by atoms with van der Waals surface area (Å²) >= 11 is 3.37. The molecule has 0 fully saturated rings. The second kappa shape index (κ2) is 7.49. The van der Waals surface area contributed by atoms with Crippen LogP contribution in [0.4, 0.5) is 0 Å². The highest BCUT2D eigenvalue weighted by Crippen LogP contribution is 2.08. The maximum atomic E-state index is 11.8. The van der Waals surface area contributed by atoms with Gasteiger partial charge in [-0.2, -0.15) is 0 Å². The summed E-state index contributed by atoms with van der Waals surface area (Å²) in [5, 5.41) is 0.974. The van der Waals surface area contributed by atoms with E-state index in [4.69, 9.17) is 0 Å². The van der Waals surface area contributed by atoms with Gasteiger partial charge in [0.1, 0.15) is 0 Å². The van der Waals surface area contributed by atoms with E-state index < -0.39 is 0 Å². The number of alkyl halides is 1. The molecule has 0 aromatic heterocycles. The molecule has 94 valence electrons. The van der Waals surface area contributed by atoms with E-state index in [1.165, 1.54) is 11.1 Å². The Morgan fingerprint density at radius 2 is 1.88 bits per heavy atom. The van der Waals surface area contributed by atoms with Crippen LogP contribution in [0.5, 0.6) is 0 Å². The number of carbonyl (C=O) groups excluding carboxylic acids is 1. The van der Waals surface area contributed by atoms with Crippen LogP contribution < -0.4 is 0 Å². The molecular weight excluding hydrogens is 278 g/mol. The molecule has 1 rings (SSSR count). The van der Waals surface area contributed by atoms with Crippen molar-refractivity contribution >= 4 is 21.8 Å². The van der Waals surface area contributed by atoms with Gasteiger partial charge in [0.25, 0.3) is 0 Å². The monoisotopic (exact) mass is 297 g/mol. The first-order valence-corrected chi connectivity index (χ1v) is 7.11. The van der Waals surface area contributed by atoms with Crippen molar-refractivity contribution in [3.05, 3.63) is 35.4 Å². The number of aryl methyl sites for hydroxylation is 1. The van der Waals surface area contributed by atoms with E-state index in [1.54, 1.807) is 4.90 Å². The van der Waals surface area contributed by atoms with Gasteiger partial charge in [-0.05, 0) is 25.3 Å². The van der Waals surface area contributed by atoms with Crippen molar-refractivity contribution in [2.45, 2.75) is 32.7 Å². The van der Waals surface area contributed by atoms with Gasteiger partial charge in [-0.25, -0.2) is 0 Å². The second-order valence-corrected chi connectivity index (χ2v) is 5.17. The van der Waals surface area contributed by atoms with Gasteiger partial charge in [-0.3, -0.25) is 4.79 Å². The third-order valence-corrected chi connectivity index (χ3v) is 3.30. The first-order valence-electron chi connectivity index (χ1n) is 5.99. The van der Waals surface area contributed by atoms with Gasteiger partial charge < -0.3 is 4.90 Å². The Balaban J connectivity index is 2.40. The lowest BCUT2D eigenvalue weighted by atomic mass is 10.1. The zero-order valence-corrected chi connectivity index (χ0v) is 12.2. The Kier molecular flexibility index (Phi) is 6.27. The molecule has 0 unspecified atom stereocenters. The van der Waals surface area contributed by atoms with Crippen molar-refractivity contribution in [3.63, 3.8) is 0 Å². The molecule has 0 aliphatic heterocycles.